The molecule has 1 fully saturated rings. The van der Waals surface area contributed by atoms with Crippen LogP contribution >= 0.6 is 11.8 Å². The number of carbonyl (C=O) groups excluding carboxylic acids is 1. The van der Waals surface area contributed by atoms with E-state index in [1.807, 2.05) is 43.2 Å². The highest BCUT2D eigenvalue weighted by atomic mass is 32.2. The van der Waals surface area contributed by atoms with Gasteiger partial charge in [-0.25, -0.2) is 0 Å². The number of rotatable bonds is 6. The Kier molecular flexibility index (Phi) is 5.52. The van der Waals surface area contributed by atoms with Crippen molar-refractivity contribution in [2.75, 3.05) is 12.8 Å². The Hall–Kier alpha value is -0.970. The van der Waals surface area contributed by atoms with Crippen LogP contribution in [-0.2, 0) is 18.3 Å². The monoisotopic (exact) mass is 295 g/mol. The number of nitrogens with zero attached hydrogens (tertiary/aromatic N) is 3. The minimum Gasteiger partial charge on any atom is -0.343 e. The van der Waals surface area contributed by atoms with Gasteiger partial charge in [0.05, 0.1) is 6.20 Å². The van der Waals surface area contributed by atoms with Crippen LogP contribution in [0.2, 0.25) is 0 Å². The van der Waals surface area contributed by atoms with Crippen LogP contribution in [0.25, 0.3) is 0 Å². The average Bonchev–Trinajstić information content (AvgIpc) is 3.05. The van der Waals surface area contributed by atoms with Gasteiger partial charge in [0.25, 0.3) is 0 Å². The van der Waals surface area contributed by atoms with Gasteiger partial charge in [0.2, 0.25) is 5.91 Å². The highest BCUT2D eigenvalue weighted by molar-refractivity contribution is 7.99. The molecule has 5 heteroatoms. The first kappa shape index (κ1) is 15.4. The third kappa shape index (κ3) is 4.01. The largest absolute Gasteiger partial charge is 0.343 e. The predicted molar refractivity (Wildman–Crippen MR) is 83.9 cm³/mol. The van der Waals surface area contributed by atoms with E-state index in [9.17, 15) is 4.79 Å². The Morgan fingerprint density at radius 2 is 2.35 bits per heavy atom. The lowest BCUT2D eigenvalue weighted by Crippen LogP contribution is -2.35. The first-order chi connectivity index (χ1) is 9.60. The molecule has 2 atom stereocenters. The minimum absolute atomic E-state index is 0.265. The second kappa shape index (κ2) is 7.16. The lowest BCUT2D eigenvalue weighted by Gasteiger charge is -2.24. The number of hydrogen-bond donors (Lipinski definition) is 0. The summed E-state index contributed by atoms with van der Waals surface area (Å²) in [6.07, 6.45) is 8.78. The quantitative estimate of drug-likeness (QED) is 0.809. The highest BCUT2D eigenvalue weighted by Gasteiger charge is 2.29. The molecule has 2 unspecified atom stereocenters. The summed E-state index contributed by atoms with van der Waals surface area (Å²) in [7, 11) is 3.87. The van der Waals surface area contributed by atoms with Gasteiger partial charge in [-0.3, -0.25) is 9.48 Å². The topological polar surface area (TPSA) is 38.1 Å². The fraction of sp³-hybridized carbons (Fsp3) is 0.733. The molecule has 0 spiro atoms. The number of aryl methyl sites for hydroxylation is 2. The van der Waals surface area contributed by atoms with Gasteiger partial charge in [0, 0.05) is 38.0 Å². The lowest BCUT2D eigenvalue weighted by molar-refractivity contribution is -0.131. The first-order valence-corrected chi connectivity index (χ1v) is 8.49. The molecular formula is C15H25N3OS. The Morgan fingerprint density at radius 1 is 1.55 bits per heavy atom. The standard InChI is InChI=1S/C15H25N3OS/c1-4-20-14-7-6-13(9-14)18(3)15(19)8-5-12-10-16-17(2)11-12/h10-11,13-14H,4-9H2,1-3H3. The SMILES string of the molecule is CCSC1CCC(N(C)C(=O)CCc2cnn(C)c2)C1. The summed E-state index contributed by atoms with van der Waals surface area (Å²) >= 11 is 2.04. The molecule has 4 nitrogen and oxygen atoms in total. The van der Waals surface area contributed by atoms with Crippen molar-refractivity contribution in [1.82, 2.24) is 14.7 Å². The summed E-state index contributed by atoms with van der Waals surface area (Å²) in [6.45, 7) is 2.21. The molecule has 1 heterocycles. The number of hydrogen-bond acceptors (Lipinski definition) is 3. The molecule has 0 aromatic carbocycles. The van der Waals surface area contributed by atoms with Crippen molar-refractivity contribution in [3.05, 3.63) is 18.0 Å². The minimum atomic E-state index is 0.265. The maximum Gasteiger partial charge on any atom is 0.222 e. The van der Waals surface area contributed by atoms with E-state index in [0.29, 0.717) is 12.5 Å². The summed E-state index contributed by atoms with van der Waals surface area (Å²) in [5.74, 6) is 1.44. The zero-order valence-electron chi connectivity index (χ0n) is 12.7. The summed E-state index contributed by atoms with van der Waals surface area (Å²) in [5, 5.41) is 4.88. The maximum atomic E-state index is 12.3. The van der Waals surface area contributed by atoms with Crippen LogP contribution in [0, 0.1) is 0 Å². The van der Waals surface area contributed by atoms with Crippen molar-refractivity contribution in [2.45, 2.75) is 50.3 Å². The molecule has 1 aromatic rings. The van der Waals surface area contributed by atoms with Crippen molar-refractivity contribution >= 4 is 17.7 Å². The predicted octanol–water partition coefficient (Wildman–Crippen LogP) is 2.49. The van der Waals surface area contributed by atoms with Gasteiger partial charge in [-0.05, 0) is 37.0 Å². The van der Waals surface area contributed by atoms with E-state index in [1.165, 1.54) is 12.2 Å². The van der Waals surface area contributed by atoms with Crippen LogP contribution in [0.1, 0.15) is 38.2 Å². The van der Waals surface area contributed by atoms with Gasteiger partial charge in [-0.2, -0.15) is 16.9 Å². The summed E-state index contributed by atoms with van der Waals surface area (Å²) in [5.41, 5.74) is 1.14. The van der Waals surface area contributed by atoms with Gasteiger partial charge in [-0.1, -0.05) is 6.92 Å². The molecule has 0 aliphatic heterocycles. The molecule has 0 bridgehead atoms. The van der Waals surface area contributed by atoms with Crippen LogP contribution in [0.15, 0.2) is 12.4 Å². The molecule has 20 heavy (non-hydrogen) atoms. The summed E-state index contributed by atoms with van der Waals surface area (Å²) in [4.78, 5) is 14.2. The zero-order chi connectivity index (χ0) is 14.5. The summed E-state index contributed by atoms with van der Waals surface area (Å²) in [6, 6.07) is 0.445. The van der Waals surface area contributed by atoms with Gasteiger partial charge in [0.15, 0.2) is 0 Å². The van der Waals surface area contributed by atoms with Crippen LogP contribution in [-0.4, -0.2) is 44.7 Å². The van der Waals surface area contributed by atoms with Crippen LogP contribution < -0.4 is 0 Å². The summed E-state index contributed by atoms with van der Waals surface area (Å²) < 4.78 is 1.78. The molecular weight excluding hydrogens is 270 g/mol. The molecule has 2 rings (SSSR count). The first-order valence-electron chi connectivity index (χ1n) is 7.45. The normalized spacial score (nSPS) is 22.1. The van der Waals surface area contributed by atoms with Crippen molar-refractivity contribution in [2.24, 2.45) is 7.05 Å². The van der Waals surface area contributed by atoms with Gasteiger partial charge in [0.1, 0.15) is 0 Å². The Morgan fingerprint density at radius 3 is 3.00 bits per heavy atom. The van der Waals surface area contributed by atoms with Crippen LogP contribution in [0.4, 0.5) is 0 Å². The highest BCUT2D eigenvalue weighted by Crippen LogP contribution is 2.32. The Balaban J connectivity index is 1.77. The number of carbonyl (C=O) groups is 1. The molecule has 1 aliphatic carbocycles. The molecule has 0 N–H and O–H groups in total. The van der Waals surface area contributed by atoms with Crippen molar-refractivity contribution < 1.29 is 4.79 Å². The third-order valence-corrected chi connectivity index (χ3v) is 5.32. The van der Waals surface area contributed by atoms with E-state index >= 15 is 0 Å². The van der Waals surface area contributed by atoms with Gasteiger partial charge in [-0.15, -0.1) is 0 Å². The van der Waals surface area contributed by atoms with Crippen molar-refractivity contribution in [3.63, 3.8) is 0 Å². The Labute approximate surface area is 125 Å². The van der Waals surface area contributed by atoms with E-state index in [0.717, 1.165) is 30.1 Å². The average molecular weight is 295 g/mol. The number of amides is 1. The smallest absolute Gasteiger partial charge is 0.222 e. The molecule has 1 saturated carbocycles. The van der Waals surface area contributed by atoms with E-state index in [1.54, 1.807) is 4.68 Å². The fourth-order valence-electron chi connectivity index (χ4n) is 2.89. The zero-order valence-corrected chi connectivity index (χ0v) is 13.5. The molecule has 0 radical (unpaired) electrons. The van der Waals surface area contributed by atoms with E-state index in [-0.39, 0.29) is 5.91 Å². The van der Waals surface area contributed by atoms with Crippen molar-refractivity contribution in [1.29, 1.82) is 0 Å². The molecule has 1 amide bonds. The second-order valence-corrected chi connectivity index (χ2v) is 7.15. The fourth-order valence-corrected chi connectivity index (χ4v) is 4.02. The van der Waals surface area contributed by atoms with Gasteiger partial charge >= 0.3 is 0 Å². The maximum absolute atomic E-state index is 12.3. The van der Waals surface area contributed by atoms with E-state index in [4.69, 9.17) is 0 Å². The number of aromatic nitrogens is 2. The number of thioether (sulfide) groups is 1. The van der Waals surface area contributed by atoms with Gasteiger partial charge < -0.3 is 4.90 Å². The van der Waals surface area contributed by atoms with E-state index < -0.39 is 0 Å². The second-order valence-electron chi connectivity index (χ2n) is 5.57. The van der Waals surface area contributed by atoms with Crippen LogP contribution in [0.5, 0.6) is 0 Å². The van der Waals surface area contributed by atoms with Crippen molar-refractivity contribution in [3.8, 4) is 0 Å². The Bertz CT molecular complexity index is 446. The third-order valence-electron chi connectivity index (χ3n) is 4.09. The molecule has 0 saturated heterocycles. The van der Waals surface area contributed by atoms with Crippen LogP contribution in [0.3, 0.4) is 0 Å². The lowest BCUT2D eigenvalue weighted by atomic mass is 10.1. The molecule has 1 aromatic heterocycles. The molecule has 1 aliphatic rings. The molecule has 112 valence electrons. The van der Waals surface area contributed by atoms with E-state index in [2.05, 4.69) is 12.0 Å².